The maximum absolute atomic E-state index is 12.9. The van der Waals surface area contributed by atoms with Gasteiger partial charge in [0.15, 0.2) is 5.65 Å². The predicted molar refractivity (Wildman–Crippen MR) is 73.6 cm³/mol. The minimum Gasteiger partial charge on any atom is -0.300 e. The Hall–Kier alpha value is -0.940. The molecule has 0 spiro atoms. The molecule has 2 rings (SSSR count). The Balaban J connectivity index is 2.84. The van der Waals surface area contributed by atoms with Crippen LogP contribution in [0.3, 0.4) is 0 Å². The van der Waals surface area contributed by atoms with Gasteiger partial charge in [0.2, 0.25) is 0 Å². The van der Waals surface area contributed by atoms with Crippen molar-refractivity contribution in [3.05, 3.63) is 34.2 Å². The van der Waals surface area contributed by atoms with Crippen LogP contribution < -0.4 is 0 Å². The smallest absolute Gasteiger partial charge is 0.300 e. The van der Waals surface area contributed by atoms with Crippen molar-refractivity contribution in [2.45, 2.75) is 38.2 Å². The lowest BCUT2D eigenvalue weighted by atomic mass is 10.1. The minimum absolute atomic E-state index is 0.0368. The van der Waals surface area contributed by atoms with Crippen LogP contribution in [0.1, 0.15) is 49.0 Å². The average molecular weight is 325 g/mol. The summed E-state index contributed by atoms with van der Waals surface area (Å²) >= 11 is 12.0. The molecule has 0 radical (unpaired) electrons. The summed E-state index contributed by atoms with van der Waals surface area (Å²) in [4.78, 5) is 4.34. The van der Waals surface area contributed by atoms with Crippen LogP contribution in [-0.4, -0.2) is 9.38 Å². The van der Waals surface area contributed by atoms with E-state index in [1.807, 2.05) is 13.8 Å². The van der Waals surface area contributed by atoms with E-state index in [0.717, 1.165) is 12.3 Å². The van der Waals surface area contributed by atoms with Crippen LogP contribution in [-0.2, 0) is 6.18 Å². The molecule has 7 heteroatoms. The largest absolute Gasteiger partial charge is 0.417 e. The molecule has 0 N–H and O–H groups in total. The molecule has 1 atom stereocenters. The first-order valence-electron chi connectivity index (χ1n) is 6.05. The van der Waals surface area contributed by atoms with Gasteiger partial charge < -0.3 is 4.40 Å². The van der Waals surface area contributed by atoms with Gasteiger partial charge >= 0.3 is 6.18 Å². The molecule has 2 nitrogen and oxygen atoms in total. The highest BCUT2D eigenvalue weighted by atomic mass is 35.5. The molecule has 0 bridgehead atoms. The standard InChI is InChI=1S/C13H13Cl2F3N2/c1-6(2)10-11(7(3)14)20-5-8(13(16,17)18)4-9(15)12(20)19-10/h4-7H,1-3H3. The zero-order chi connectivity index (χ0) is 15.2. The summed E-state index contributed by atoms with van der Waals surface area (Å²) in [6.45, 7) is 5.51. The first-order chi connectivity index (χ1) is 9.12. The number of pyridine rings is 1. The molecule has 0 saturated carbocycles. The van der Waals surface area contributed by atoms with Crippen LogP contribution >= 0.6 is 23.2 Å². The van der Waals surface area contributed by atoms with Crippen molar-refractivity contribution in [1.29, 1.82) is 0 Å². The van der Waals surface area contributed by atoms with Crippen molar-refractivity contribution >= 4 is 28.8 Å². The van der Waals surface area contributed by atoms with Crippen LogP contribution in [0.25, 0.3) is 5.65 Å². The molecule has 1 unspecified atom stereocenters. The topological polar surface area (TPSA) is 17.3 Å². The van der Waals surface area contributed by atoms with Gasteiger partial charge in [-0.2, -0.15) is 13.2 Å². The Kier molecular flexibility index (Phi) is 3.95. The second kappa shape index (κ2) is 5.11. The summed E-state index contributed by atoms with van der Waals surface area (Å²) < 4.78 is 40.0. The highest BCUT2D eigenvalue weighted by molar-refractivity contribution is 6.33. The van der Waals surface area contributed by atoms with E-state index in [1.165, 1.54) is 4.40 Å². The summed E-state index contributed by atoms with van der Waals surface area (Å²) in [5.74, 6) is 0.0384. The van der Waals surface area contributed by atoms with Gasteiger partial charge in [-0.3, -0.25) is 0 Å². The monoisotopic (exact) mass is 324 g/mol. The first-order valence-corrected chi connectivity index (χ1v) is 6.87. The fourth-order valence-corrected chi connectivity index (χ4v) is 2.58. The predicted octanol–water partition coefficient (Wildman–Crippen LogP) is 5.43. The molecular formula is C13H13Cl2F3N2. The van der Waals surface area contributed by atoms with E-state index in [4.69, 9.17) is 23.2 Å². The zero-order valence-electron chi connectivity index (χ0n) is 11.1. The number of hydrogen-bond acceptors (Lipinski definition) is 1. The van der Waals surface area contributed by atoms with Gasteiger partial charge in [-0.15, -0.1) is 11.6 Å². The lowest BCUT2D eigenvalue weighted by molar-refractivity contribution is -0.137. The van der Waals surface area contributed by atoms with Crippen LogP contribution in [0.5, 0.6) is 0 Å². The van der Waals surface area contributed by atoms with Crippen LogP contribution in [0, 0.1) is 0 Å². The van der Waals surface area contributed by atoms with Crippen molar-refractivity contribution in [2.24, 2.45) is 0 Å². The van der Waals surface area contributed by atoms with E-state index in [-0.39, 0.29) is 10.9 Å². The Morgan fingerprint density at radius 2 is 1.85 bits per heavy atom. The lowest BCUT2D eigenvalue weighted by Gasteiger charge is -2.12. The number of alkyl halides is 4. The summed E-state index contributed by atoms with van der Waals surface area (Å²) in [5, 5.41) is -0.507. The van der Waals surface area contributed by atoms with Crippen molar-refractivity contribution in [3.8, 4) is 0 Å². The summed E-state index contributed by atoms with van der Waals surface area (Å²) in [6, 6.07) is 0.886. The first kappa shape index (κ1) is 15.4. The Labute approximate surface area is 124 Å². The molecule has 0 saturated heterocycles. The summed E-state index contributed by atoms with van der Waals surface area (Å²) in [7, 11) is 0. The minimum atomic E-state index is -4.47. The average Bonchev–Trinajstić information content (AvgIpc) is 2.67. The highest BCUT2D eigenvalue weighted by Gasteiger charge is 2.33. The van der Waals surface area contributed by atoms with Gasteiger partial charge in [0.05, 0.1) is 27.4 Å². The third kappa shape index (κ3) is 2.61. The molecule has 2 aromatic rings. The second-order valence-electron chi connectivity index (χ2n) is 4.92. The number of hydrogen-bond donors (Lipinski definition) is 0. The SMILES string of the molecule is CC(C)c1nc2c(Cl)cc(C(F)(F)F)cn2c1C(C)Cl. The van der Waals surface area contributed by atoms with E-state index in [9.17, 15) is 13.2 Å². The molecule has 0 aliphatic heterocycles. The van der Waals surface area contributed by atoms with E-state index in [2.05, 4.69) is 4.98 Å². The van der Waals surface area contributed by atoms with Crippen molar-refractivity contribution < 1.29 is 13.2 Å². The Morgan fingerprint density at radius 3 is 2.30 bits per heavy atom. The van der Waals surface area contributed by atoms with Crippen LogP contribution in [0.4, 0.5) is 13.2 Å². The van der Waals surface area contributed by atoms with Gasteiger partial charge in [-0.25, -0.2) is 4.98 Å². The quantitative estimate of drug-likeness (QED) is 0.673. The number of aromatic nitrogens is 2. The highest BCUT2D eigenvalue weighted by Crippen LogP contribution is 2.36. The van der Waals surface area contributed by atoms with Gasteiger partial charge in [0.25, 0.3) is 0 Å². The molecular weight excluding hydrogens is 312 g/mol. The number of rotatable bonds is 2. The molecule has 0 aliphatic carbocycles. The molecule has 0 fully saturated rings. The zero-order valence-corrected chi connectivity index (χ0v) is 12.6. The van der Waals surface area contributed by atoms with Crippen LogP contribution in [0.15, 0.2) is 12.3 Å². The van der Waals surface area contributed by atoms with E-state index >= 15 is 0 Å². The summed E-state index contributed by atoms with van der Waals surface area (Å²) in [5.41, 5.74) is 0.686. The molecule has 110 valence electrons. The fraction of sp³-hybridized carbons (Fsp3) is 0.462. The maximum Gasteiger partial charge on any atom is 0.417 e. The van der Waals surface area contributed by atoms with Gasteiger partial charge in [-0.1, -0.05) is 25.4 Å². The molecule has 2 heterocycles. The maximum atomic E-state index is 12.9. The lowest BCUT2D eigenvalue weighted by Crippen LogP contribution is -2.08. The Bertz CT molecular complexity index is 645. The summed E-state index contributed by atoms with van der Waals surface area (Å²) in [6.07, 6.45) is -3.47. The third-order valence-electron chi connectivity index (χ3n) is 2.99. The van der Waals surface area contributed by atoms with Crippen LogP contribution in [0.2, 0.25) is 5.02 Å². The molecule has 2 aromatic heterocycles. The second-order valence-corrected chi connectivity index (χ2v) is 5.98. The van der Waals surface area contributed by atoms with E-state index < -0.39 is 17.1 Å². The van der Waals surface area contributed by atoms with Crippen molar-refractivity contribution in [1.82, 2.24) is 9.38 Å². The van der Waals surface area contributed by atoms with Gasteiger partial charge in [-0.05, 0) is 18.9 Å². The number of nitrogens with zero attached hydrogens (tertiary/aromatic N) is 2. The molecule has 0 amide bonds. The number of fused-ring (bicyclic) bond motifs is 1. The van der Waals surface area contributed by atoms with Gasteiger partial charge in [0, 0.05) is 6.20 Å². The fourth-order valence-electron chi connectivity index (χ4n) is 2.11. The number of halogens is 5. The Morgan fingerprint density at radius 1 is 1.25 bits per heavy atom. The molecule has 0 aromatic carbocycles. The van der Waals surface area contributed by atoms with E-state index in [1.54, 1.807) is 6.92 Å². The van der Waals surface area contributed by atoms with Crippen molar-refractivity contribution in [3.63, 3.8) is 0 Å². The third-order valence-corrected chi connectivity index (χ3v) is 3.48. The van der Waals surface area contributed by atoms with Crippen molar-refractivity contribution in [2.75, 3.05) is 0 Å². The van der Waals surface area contributed by atoms with Gasteiger partial charge in [0.1, 0.15) is 0 Å². The molecule has 20 heavy (non-hydrogen) atoms. The molecule has 0 aliphatic rings. The van der Waals surface area contributed by atoms with E-state index in [0.29, 0.717) is 17.0 Å². The number of imidazole rings is 1. The normalized spacial score (nSPS) is 14.2.